The van der Waals surface area contributed by atoms with Gasteiger partial charge in [-0.1, -0.05) is 18.9 Å². The predicted octanol–water partition coefficient (Wildman–Crippen LogP) is 3.18. The van der Waals surface area contributed by atoms with Crippen molar-refractivity contribution < 1.29 is 4.74 Å². The van der Waals surface area contributed by atoms with Crippen molar-refractivity contribution in [3.8, 4) is 0 Å². The number of aromatic nitrogens is 1. The second-order valence-electron chi connectivity index (χ2n) is 6.01. The van der Waals surface area contributed by atoms with Gasteiger partial charge in [-0.3, -0.25) is 9.88 Å². The highest BCUT2D eigenvalue weighted by Gasteiger charge is 2.38. The Hall–Kier alpha value is -0.930. The standard InChI is InChI=1S/C16H24N2O/c1-19-16(8-2-3-9-16)13-18-11-5-7-15(18)14-6-4-10-17-12-14/h4,6,10,12,15H,2-3,5,7-9,11,13H2,1H3. The maximum atomic E-state index is 5.89. The van der Waals surface area contributed by atoms with Crippen molar-refractivity contribution in [1.29, 1.82) is 0 Å². The van der Waals surface area contributed by atoms with Crippen molar-refractivity contribution in [2.45, 2.75) is 50.2 Å². The molecule has 1 aromatic heterocycles. The van der Waals surface area contributed by atoms with Crippen molar-refractivity contribution in [3.63, 3.8) is 0 Å². The van der Waals surface area contributed by atoms with E-state index in [1.165, 1.54) is 50.6 Å². The highest BCUT2D eigenvalue weighted by Crippen LogP contribution is 2.38. The molecule has 0 aromatic carbocycles. The van der Waals surface area contributed by atoms with Crippen molar-refractivity contribution in [2.24, 2.45) is 0 Å². The molecular weight excluding hydrogens is 236 g/mol. The van der Waals surface area contributed by atoms with Gasteiger partial charge in [0.05, 0.1) is 5.60 Å². The molecule has 104 valence electrons. The second kappa shape index (κ2) is 5.59. The number of pyridine rings is 1. The highest BCUT2D eigenvalue weighted by atomic mass is 16.5. The molecule has 0 radical (unpaired) electrons. The molecule has 1 aliphatic heterocycles. The summed E-state index contributed by atoms with van der Waals surface area (Å²) in [6.07, 6.45) is 11.5. The van der Waals surface area contributed by atoms with E-state index in [0.717, 1.165) is 6.54 Å². The zero-order chi connectivity index (χ0) is 13.1. The van der Waals surface area contributed by atoms with Gasteiger partial charge in [0.1, 0.15) is 0 Å². The van der Waals surface area contributed by atoms with Gasteiger partial charge in [-0.15, -0.1) is 0 Å². The fourth-order valence-electron chi connectivity index (χ4n) is 3.78. The Morgan fingerprint density at radius 1 is 1.37 bits per heavy atom. The zero-order valence-corrected chi connectivity index (χ0v) is 11.8. The topological polar surface area (TPSA) is 25.4 Å². The molecule has 3 nitrogen and oxygen atoms in total. The van der Waals surface area contributed by atoms with Crippen LogP contribution in [0.3, 0.4) is 0 Å². The van der Waals surface area contributed by atoms with Crippen LogP contribution in [0.25, 0.3) is 0 Å². The largest absolute Gasteiger partial charge is 0.377 e. The molecule has 1 saturated heterocycles. The Bertz CT molecular complexity index is 400. The summed E-state index contributed by atoms with van der Waals surface area (Å²) in [6, 6.07) is 4.80. The van der Waals surface area contributed by atoms with Crippen molar-refractivity contribution in [1.82, 2.24) is 9.88 Å². The Labute approximate surface area is 116 Å². The predicted molar refractivity (Wildman–Crippen MR) is 76.0 cm³/mol. The van der Waals surface area contributed by atoms with Crippen LogP contribution in [0, 0.1) is 0 Å². The first-order chi connectivity index (χ1) is 9.33. The molecule has 0 bridgehead atoms. The SMILES string of the molecule is COC1(CN2CCCC2c2cccnc2)CCCC1. The lowest BCUT2D eigenvalue weighted by molar-refractivity contribution is -0.0342. The first-order valence-electron chi connectivity index (χ1n) is 7.52. The summed E-state index contributed by atoms with van der Waals surface area (Å²) in [5, 5.41) is 0. The first kappa shape index (κ1) is 13.1. The molecule has 0 N–H and O–H groups in total. The zero-order valence-electron chi connectivity index (χ0n) is 11.8. The van der Waals surface area contributed by atoms with Crippen LogP contribution in [0.5, 0.6) is 0 Å². The number of hydrogen-bond donors (Lipinski definition) is 0. The van der Waals surface area contributed by atoms with E-state index in [2.05, 4.69) is 16.0 Å². The van der Waals surface area contributed by atoms with Gasteiger partial charge in [0, 0.05) is 32.1 Å². The van der Waals surface area contributed by atoms with Gasteiger partial charge in [0.25, 0.3) is 0 Å². The average Bonchev–Trinajstić information content (AvgIpc) is 3.10. The fourth-order valence-corrected chi connectivity index (χ4v) is 3.78. The minimum atomic E-state index is 0.116. The summed E-state index contributed by atoms with van der Waals surface area (Å²) in [4.78, 5) is 6.89. The van der Waals surface area contributed by atoms with E-state index in [1.54, 1.807) is 0 Å². The molecule has 1 atom stereocenters. The fraction of sp³-hybridized carbons (Fsp3) is 0.688. The lowest BCUT2D eigenvalue weighted by atomic mass is 9.99. The van der Waals surface area contributed by atoms with Crippen molar-refractivity contribution >= 4 is 0 Å². The third-order valence-corrected chi connectivity index (χ3v) is 4.87. The monoisotopic (exact) mass is 260 g/mol. The summed E-state index contributed by atoms with van der Waals surface area (Å²) >= 11 is 0. The van der Waals surface area contributed by atoms with Gasteiger partial charge in [0.2, 0.25) is 0 Å². The molecular formula is C16H24N2O. The molecule has 2 heterocycles. The molecule has 3 heteroatoms. The number of methoxy groups -OCH3 is 1. The van der Waals surface area contributed by atoms with Crippen molar-refractivity contribution in [3.05, 3.63) is 30.1 Å². The lowest BCUT2D eigenvalue weighted by Gasteiger charge is -2.35. The Morgan fingerprint density at radius 2 is 2.21 bits per heavy atom. The molecule has 1 unspecified atom stereocenters. The third-order valence-electron chi connectivity index (χ3n) is 4.87. The van der Waals surface area contributed by atoms with E-state index in [9.17, 15) is 0 Å². The van der Waals surface area contributed by atoms with Crippen LogP contribution in [0.15, 0.2) is 24.5 Å². The number of nitrogens with zero attached hydrogens (tertiary/aromatic N) is 2. The maximum Gasteiger partial charge on any atom is 0.0805 e. The molecule has 19 heavy (non-hydrogen) atoms. The summed E-state index contributed by atoms with van der Waals surface area (Å²) < 4.78 is 5.89. The Kier molecular flexibility index (Phi) is 3.85. The van der Waals surface area contributed by atoms with Gasteiger partial charge in [-0.25, -0.2) is 0 Å². The average molecular weight is 260 g/mol. The maximum absolute atomic E-state index is 5.89. The normalized spacial score (nSPS) is 26.9. The van der Waals surface area contributed by atoms with Gasteiger partial charge >= 0.3 is 0 Å². The second-order valence-corrected chi connectivity index (χ2v) is 6.01. The number of ether oxygens (including phenoxy) is 1. The van der Waals surface area contributed by atoms with Gasteiger partial charge in [-0.2, -0.15) is 0 Å². The minimum Gasteiger partial charge on any atom is -0.377 e. The van der Waals surface area contributed by atoms with Crippen LogP contribution in [-0.4, -0.2) is 35.7 Å². The Balaban J connectivity index is 1.73. The van der Waals surface area contributed by atoms with Gasteiger partial charge < -0.3 is 4.74 Å². The highest BCUT2D eigenvalue weighted by molar-refractivity contribution is 5.15. The number of hydrogen-bond acceptors (Lipinski definition) is 3. The van der Waals surface area contributed by atoms with Crippen molar-refractivity contribution in [2.75, 3.05) is 20.2 Å². The van der Waals surface area contributed by atoms with Crippen LogP contribution in [0.4, 0.5) is 0 Å². The molecule has 0 spiro atoms. The van der Waals surface area contributed by atoms with Crippen LogP contribution < -0.4 is 0 Å². The van der Waals surface area contributed by atoms with E-state index >= 15 is 0 Å². The number of likely N-dealkylation sites (tertiary alicyclic amines) is 1. The third kappa shape index (κ3) is 2.67. The summed E-state index contributed by atoms with van der Waals surface area (Å²) in [6.45, 7) is 2.29. The Morgan fingerprint density at radius 3 is 2.89 bits per heavy atom. The van der Waals surface area contributed by atoms with Crippen LogP contribution in [0.1, 0.15) is 50.1 Å². The molecule has 1 aromatic rings. The molecule has 2 aliphatic rings. The smallest absolute Gasteiger partial charge is 0.0805 e. The van der Waals surface area contributed by atoms with E-state index in [1.807, 2.05) is 25.6 Å². The molecule has 1 saturated carbocycles. The van der Waals surface area contributed by atoms with Crippen LogP contribution in [0.2, 0.25) is 0 Å². The lowest BCUT2D eigenvalue weighted by Crippen LogP contribution is -2.42. The summed E-state index contributed by atoms with van der Waals surface area (Å²) in [7, 11) is 1.89. The van der Waals surface area contributed by atoms with E-state index in [0.29, 0.717) is 6.04 Å². The number of rotatable bonds is 4. The van der Waals surface area contributed by atoms with Gasteiger partial charge in [0.15, 0.2) is 0 Å². The van der Waals surface area contributed by atoms with Crippen LogP contribution in [-0.2, 0) is 4.74 Å². The van der Waals surface area contributed by atoms with Gasteiger partial charge in [-0.05, 0) is 43.9 Å². The molecule has 2 fully saturated rings. The molecule has 1 aliphatic carbocycles. The quantitative estimate of drug-likeness (QED) is 0.831. The minimum absolute atomic E-state index is 0.116. The first-order valence-corrected chi connectivity index (χ1v) is 7.52. The van der Waals surface area contributed by atoms with Crippen LogP contribution >= 0.6 is 0 Å². The van der Waals surface area contributed by atoms with E-state index in [4.69, 9.17) is 4.74 Å². The van der Waals surface area contributed by atoms with E-state index in [-0.39, 0.29) is 5.60 Å². The molecule has 0 amide bonds. The molecule has 3 rings (SSSR count). The summed E-state index contributed by atoms with van der Waals surface area (Å²) in [5.41, 5.74) is 1.48. The summed E-state index contributed by atoms with van der Waals surface area (Å²) in [5.74, 6) is 0. The van der Waals surface area contributed by atoms with E-state index < -0.39 is 0 Å².